The minimum atomic E-state index is -0.815. The maximum absolute atomic E-state index is 15.1. The van der Waals surface area contributed by atoms with Crippen molar-refractivity contribution < 1.29 is 18.7 Å². The van der Waals surface area contributed by atoms with Crippen molar-refractivity contribution in [2.24, 2.45) is 4.99 Å². The van der Waals surface area contributed by atoms with Crippen LogP contribution in [0.2, 0.25) is 0 Å². The minimum Gasteiger partial charge on any atom is -0.478 e. The molecule has 0 radical (unpaired) electrons. The maximum atomic E-state index is 15.1. The fraction of sp³-hybridized carbons (Fsp3) is 0.412. The number of hydrogen-bond acceptors (Lipinski definition) is 8. The maximum Gasteiger partial charge on any atom is 0.319 e. The van der Waals surface area contributed by atoms with E-state index in [0.717, 1.165) is 65.7 Å². The van der Waals surface area contributed by atoms with Gasteiger partial charge in [0.1, 0.15) is 5.60 Å². The zero-order chi connectivity index (χ0) is 32.3. The van der Waals surface area contributed by atoms with Gasteiger partial charge in [0, 0.05) is 82.0 Å². The van der Waals surface area contributed by atoms with Gasteiger partial charge in [-0.15, -0.1) is 11.3 Å². The molecule has 242 valence electrons. The number of aliphatic imine (C=N–C) groups is 1. The molecule has 2 aromatic heterocycles. The number of likely N-dealkylation sites (N-methyl/N-ethyl adjacent to an activating group) is 1. The zero-order valence-corrected chi connectivity index (χ0v) is 27.3. The van der Waals surface area contributed by atoms with Crippen molar-refractivity contribution in [3.63, 3.8) is 0 Å². The van der Waals surface area contributed by atoms with Crippen LogP contribution >= 0.6 is 11.3 Å². The van der Waals surface area contributed by atoms with Gasteiger partial charge in [0.15, 0.2) is 11.6 Å². The Morgan fingerprint density at radius 1 is 1.15 bits per heavy atom. The van der Waals surface area contributed by atoms with Crippen molar-refractivity contribution in [3.8, 4) is 16.3 Å². The van der Waals surface area contributed by atoms with Crippen LogP contribution in [-0.4, -0.2) is 90.7 Å². The van der Waals surface area contributed by atoms with Gasteiger partial charge in [0.25, 0.3) is 0 Å². The molecule has 0 bridgehead atoms. The van der Waals surface area contributed by atoms with E-state index < -0.39 is 11.4 Å². The molecule has 1 atom stereocenters. The lowest BCUT2D eigenvalue weighted by molar-refractivity contribution is -0.127. The first kappa shape index (κ1) is 31.8. The average molecular weight is 646 g/mol. The van der Waals surface area contributed by atoms with Crippen molar-refractivity contribution in [3.05, 3.63) is 71.0 Å². The zero-order valence-electron chi connectivity index (χ0n) is 26.5. The summed E-state index contributed by atoms with van der Waals surface area (Å²) in [4.78, 5) is 42.0. The van der Waals surface area contributed by atoms with Crippen LogP contribution in [0.5, 0.6) is 5.75 Å². The van der Waals surface area contributed by atoms with Gasteiger partial charge in [-0.3, -0.25) is 19.7 Å². The molecule has 1 aromatic carbocycles. The summed E-state index contributed by atoms with van der Waals surface area (Å²) in [7, 11) is 3.96. The number of piperazine rings is 1. The second kappa shape index (κ2) is 13.7. The molecule has 1 saturated heterocycles. The lowest BCUT2D eigenvalue weighted by atomic mass is 9.97. The number of amides is 3. The molecule has 2 aliphatic heterocycles. The molecule has 4 heterocycles. The fourth-order valence-corrected chi connectivity index (χ4v) is 6.66. The number of halogens is 1. The van der Waals surface area contributed by atoms with Gasteiger partial charge in [-0.1, -0.05) is 12.1 Å². The highest BCUT2D eigenvalue weighted by molar-refractivity contribution is 7.16. The van der Waals surface area contributed by atoms with Gasteiger partial charge >= 0.3 is 6.03 Å². The third-order valence-electron chi connectivity index (χ3n) is 8.24. The van der Waals surface area contributed by atoms with Gasteiger partial charge in [0.2, 0.25) is 5.91 Å². The second-order valence-electron chi connectivity index (χ2n) is 12.5. The Hall–Kier alpha value is -4.13. The average Bonchev–Trinajstić information content (AvgIpc) is 3.72. The van der Waals surface area contributed by atoms with Crippen LogP contribution in [0.3, 0.4) is 0 Å². The van der Waals surface area contributed by atoms with Crippen LogP contribution in [-0.2, 0) is 16.9 Å². The van der Waals surface area contributed by atoms with Gasteiger partial charge in [-0.2, -0.15) is 0 Å². The molecule has 3 aliphatic rings. The molecule has 46 heavy (non-hydrogen) atoms. The molecule has 1 saturated carbocycles. The number of nitrogens with zero attached hydrogens (tertiary/aromatic N) is 5. The smallest absolute Gasteiger partial charge is 0.319 e. The highest BCUT2D eigenvalue weighted by Crippen LogP contribution is 2.47. The van der Waals surface area contributed by atoms with E-state index in [9.17, 15) is 9.59 Å². The van der Waals surface area contributed by atoms with Gasteiger partial charge < -0.3 is 25.2 Å². The van der Waals surface area contributed by atoms with Crippen molar-refractivity contribution in [1.82, 2.24) is 25.0 Å². The highest BCUT2D eigenvalue weighted by atomic mass is 32.1. The first-order chi connectivity index (χ1) is 22.1. The molecule has 1 aliphatic carbocycles. The number of hydrogen-bond donors (Lipinski definition) is 2. The van der Waals surface area contributed by atoms with E-state index in [1.54, 1.807) is 35.8 Å². The number of pyridine rings is 1. The van der Waals surface area contributed by atoms with E-state index in [-0.39, 0.29) is 23.7 Å². The predicted molar refractivity (Wildman–Crippen MR) is 179 cm³/mol. The number of fused-ring (bicyclic) bond motifs is 1. The number of rotatable bonds is 10. The van der Waals surface area contributed by atoms with Crippen molar-refractivity contribution >= 4 is 40.9 Å². The van der Waals surface area contributed by atoms with Crippen LogP contribution in [0.1, 0.15) is 36.6 Å². The summed E-state index contributed by atoms with van der Waals surface area (Å²) < 4.78 is 21.4. The molecular formula is C34H40FN7O3S. The van der Waals surface area contributed by atoms with Crippen LogP contribution in [0, 0.1) is 5.82 Å². The first-order valence-corrected chi connectivity index (χ1v) is 16.5. The summed E-state index contributed by atoms with van der Waals surface area (Å²) in [5.74, 6) is -0.365. The summed E-state index contributed by atoms with van der Waals surface area (Å²) in [6.45, 7) is 6.52. The Morgan fingerprint density at radius 3 is 2.65 bits per heavy atom. The van der Waals surface area contributed by atoms with Gasteiger partial charge in [0.05, 0.1) is 21.1 Å². The van der Waals surface area contributed by atoms with Crippen molar-refractivity contribution in [1.29, 1.82) is 0 Å². The molecule has 12 heteroatoms. The summed E-state index contributed by atoms with van der Waals surface area (Å²) >= 11 is 1.55. The highest BCUT2D eigenvalue weighted by Gasteiger charge is 2.36. The lowest BCUT2D eigenvalue weighted by Gasteiger charge is -2.34. The molecule has 0 spiro atoms. The van der Waals surface area contributed by atoms with E-state index in [0.29, 0.717) is 25.2 Å². The molecule has 3 amide bonds. The standard InChI is InChI=1S/C34H40FN7O3S/c1-34(45-29-11-9-25(19-26(29)35)39-33(44)38-24-7-8-24)12-13-36-28-20-30(46-32(28)34)27-10-6-23(21-37-27)22-41-15-17-42(18-16-41)31(43)5-4-14-40(2)3/h4-6,9-11,13,19-21,24H,7-8,12,14-18,22H2,1-3H3,(H2,38,39,44)/b5-4+. The summed E-state index contributed by atoms with van der Waals surface area (Å²) in [5.41, 5.74) is 2.30. The molecule has 3 aromatic rings. The Balaban J connectivity index is 1.06. The molecule has 1 unspecified atom stereocenters. The molecule has 10 nitrogen and oxygen atoms in total. The second-order valence-corrected chi connectivity index (χ2v) is 13.6. The van der Waals surface area contributed by atoms with Crippen LogP contribution < -0.4 is 15.4 Å². The first-order valence-electron chi connectivity index (χ1n) is 15.7. The Kier molecular flexibility index (Phi) is 9.48. The lowest BCUT2D eigenvalue weighted by Crippen LogP contribution is -2.47. The molecule has 2 N–H and O–H groups in total. The number of nitrogens with one attached hydrogen (secondary N) is 2. The van der Waals surface area contributed by atoms with E-state index in [1.807, 2.05) is 55.2 Å². The fourth-order valence-electron chi connectivity index (χ4n) is 5.48. The number of carbonyl (C=O) groups excluding carboxylic acids is 2. The van der Waals surface area contributed by atoms with E-state index in [2.05, 4.69) is 26.6 Å². The summed E-state index contributed by atoms with van der Waals surface area (Å²) in [6.07, 6.45) is 9.73. The van der Waals surface area contributed by atoms with Crippen molar-refractivity contribution in [2.45, 2.75) is 44.4 Å². The van der Waals surface area contributed by atoms with Crippen LogP contribution in [0.25, 0.3) is 10.6 Å². The topological polar surface area (TPSA) is 102 Å². The third kappa shape index (κ3) is 7.80. The Labute approximate surface area is 273 Å². The van der Waals surface area contributed by atoms with Gasteiger partial charge in [-0.25, -0.2) is 9.18 Å². The van der Waals surface area contributed by atoms with E-state index >= 15 is 4.39 Å². The third-order valence-corrected chi connectivity index (χ3v) is 9.63. The number of thiophene rings is 1. The number of benzene rings is 1. The quantitative estimate of drug-likeness (QED) is 0.287. The normalized spacial score (nSPS) is 19.8. The number of carbonyl (C=O) groups is 2. The van der Waals surface area contributed by atoms with E-state index in [4.69, 9.17) is 9.72 Å². The van der Waals surface area contributed by atoms with E-state index in [1.165, 1.54) is 6.07 Å². The monoisotopic (exact) mass is 645 g/mol. The predicted octanol–water partition coefficient (Wildman–Crippen LogP) is 5.40. The molecular weight excluding hydrogens is 605 g/mol. The number of ether oxygens (including phenoxy) is 1. The van der Waals surface area contributed by atoms with Crippen LogP contribution in [0.4, 0.5) is 20.6 Å². The minimum absolute atomic E-state index is 0.0715. The summed E-state index contributed by atoms with van der Waals surface area (Å²) in [5, 5.41) is 5.51. The molecule has 2 fully saturated rings. The van der Waals surface area contributed by atoms with Crippen molar-refractivity contribution in [2.75, 3.05) is 52.1 Å². The Bertz CT molecular complexity index is 1630. The van der Waals surface area contributed by atoms with Gasteiger partial charge in [-0.05, 0) is 63.7 Å². The Morgan fingerprint density at radius 2 is 1.96 bits per heavy atom. The number of anilines is 1. The summed E-state index contributed by atoms with van der Waals surface area (Å²) in [6, 6.07) is 10.5. The number of aromatic nitrogens is 1. The largest absolute Gasteiger partial charge is 0.478 e. The SMILES string of the molecule is CN(C)C/C=C/C(=O)N1CCN(Cc2ccc(-c3cc4c(s3)C(C)(Oc3ccc(NC(=O)NC5CC5)cc3F)CC=N4)nc2)CC1. The molecule has 6 rings (SSSR count). The number of urea groups is 1. The van der Waals surface area contributed by atoms with Crippen LogP contribution in [0.15, 0.2) is 59.7 Å².